The highest BCUT2D eigenvalue weighted by atomic mass is 79.9. The molecule has 1 heterocycles. The summed E-state index contributed by atoms with van der Waals surface area (Å²) in [6.07, 6.45) is -4.70. The zero-order valence-electron chi connectivity index (χ0n) is 12.9. The van der Waals surface area contributed by atoms with Crippen molar-refractivity contribution in [2.24, 2.45) is 0 Å². The highest BCUT2D eigenvalue weighted by Gasteiger charge is 2.31. The fourth-order valence-electron chi connectivity index (χ4n) is 2.41. The van der Waals surface area contributed by atoms with E-state index in [1.54, 1.807) is 0 Å². The van der Waals surface area contributed by atoms with Crippen molar-refractivity contribution in [3.63, 3.8) is 0 Å². The zero-order chi connectivity index (χ0) is 16.9. The molecular weight excluding hydrogens is 377 g/mol. The van der Waals surface area contributed by atoms with Crippen LogP contribution in [0.2, 0.25) is 0 Å². The van der Waals surface area contributed by atoms with Crippen molar-refractivity contribution in [3.05, 3.63) is 22.7 Å². The first-order valence-electron chi connectivity index (χ1n) is 7.50. The maximum atomic E-state index is 12.2. The van der Waals surface area contributed by atoms with E-state index < -0.39 is 6.36 Å². The molecule has 0 bridgehead atoms. The van der Waals surface area contributed by atoms with E-state index in [1.807, 2.05) is 0 Å². The van der Waals surface area contributed by atoms with Gasteiger partial charge in [-0.3, -0.25) is 4.90 Å². The summed E-state index contributed by atoms with van der Waals surface area (Å²) in [4.78, 5) is 4.67. The minimum atomic E-state index is -4.70. The fourth-order valence-corrected chi connectivity index (χ4v) is 2.77. The first-order chi connectivity index (χ1) is 10.9. The molecule has 8 heteroatoms. The second-order valence-corrected chi connectivity index (χ2v) is 6.12. The Labute approximate surface area is 142 Å². The maximum Gasteiger partial charge on any atom is 0.573 e. The highest BCUT2D eigenvalue weighted by Crippen LogP contribution is 2.32. The van der Waals surface area contributed by atoms with Gasteiger partial charge in [-0.15, -0.1) is 13.2 Å². The van der Waals surface area contributed by atoms with Crippen LogP contribution in [0.1, 0.15) is 6.92 Å². The molecule has 0 spiro atoms. The van der Waals surface area contributed by atoms with Gasteiger partial charge in [-0.25, -0.2) is 0 Å². The molecule has 0 radical (unpaired) electrons. The Morgan fingerprint density at radius 3 is 2.39 bits per heavy atom. The Bertz CT molecular complexity index is 506. The van der Waals surface area contributed by atoms with Crippen LogP contribution in [-0.2, 0) is 0 Å². The van der Waals surface area contributed by atoms with Crippen molar-refractivity contribution in [3.8, 4) is 11.5 Å². The molecule has 1 saturated heterocycles. The van der Waals surface area contributed by atoms with Crippen LogP contribution in [0.4, 0.5) is 13.2 Å². The molecule has 4 nitrogen and oxygen atoms in total. The average molecular weight is 397 g/mol. The van der Waals surface area contributed by atoms with Crippen LogP contribution in [0.3, 0.4) is 0 Å². The summed E-state index contributed by atoms with van der Waals surface area (Å²) in [5.41, 5.74) is 0. The van der Waals surface area contributed by atoms with Crippen LogP contribution in [0.5, 0.6) is 11.5 Å². The van der Waals surface area contributed by atoms with Gasteiger partial charge in [0.25, 0.3) is 0 Å². The second kappa shape index (κ2) is 8.21. The second-order valence-electron chi connectivity index (χ2n) is 5.26. The highest BCUT2D eigenvalue weighted by molar-refractivity contribution is 9.10. The van der Waals surface area contributed by atoms with Gasteiger partial charge >= 0.3 is 6.36 Å². The van der Waals surface area contributed by atoms with E-state index in [4.69, 9.17) is 4.74 Å². The third-order valence-electron chi connectivity index (χ3n) is 3.71. The van der Waals surface area contributed by atoms with E-state index in [2.05, 4.69) is 37.4 Å². The van der Waals surface area contributed by atoms with E-state index in [-0.39, 0.29) is 5.75 Å². The van der Waals surface area contributed by atoms with E-state index in [9.17, 15) is 13.2 Å². The quantitative estimate of drug-likeness (QED) is 0.735. The topological polar surface area (TPSA) is 24.9 Å². The molecule has 130 valence electrons. The predicted molar refractivity (Wildman–Crippen MR) is 84.9 cm³/mol. The van der Waals surface area contributed by atoms with Crippen molar-refractivity contribution in [2.75, 3.05) is 45.9 Å². The summed E-state index contributed by atoms with van der Waals surface area (Å²) in [7, 11) is 0. The zero-order valence-corrected chi connectivity index (χ0v) is 14.5. The number of benzene rings is 1. The van der Waals surface area contributed by atoms with Gasteiger partial charge in [-0.2, -0.15) is 0 Å². The molecule has 0 aromatic heterocycles. The third kappa shape index (κ3) is 6.19. The van der Waals surface area contributed by atoms with Gasteiger partial charge in [0.05, 0.1) is 4.47 Å². The summed E-state index contributed by atoms with van der Waals surface area (Å²) < 4.78 is 46.8. The number of piperazine rings is 1. The average Bonchev–Trinajstić information content (AvgIpc) is 2.49. The van der Waals surface area contributed by atoms with Crippen molar-refractivity contribution in [2.45, 2.75) is 13.3 Å². The molecule has 0 amide bonds. The Hall–Kier alpha value is -0.990. The van der Waals surface area contributed by atoms with Crippen LogP contribution in [0, 0.1) is 0 Å². The van der Waals surface area contributed by atoms with Gasteiger partial charge in [-0.05, 0) is 34.6 Å². The smallest absolute Gasteiger partial charge is 0.491 e. The number of likely N-dealkylation sites (N-methyl/N-ethyl adjacent to an activating group) is 1. The fraction of sp³-hybridized carbons (Fsp3) is 0.600. The molecule has 1 aliphatic rings. The molecule has 1 aromatic carbocycles. The molecule has 0 unspecified atom stereocenters. The molecule has 1 fully saturated rings. The Morgan fingerprint density at radius 2 is 1.78 bits per heavy atom. The number of nitrogens with zero attached hydrogens (tertiary/aromatic N) is 2. The minimum absolute atomic E-state index is 0.285. The Morgan fingerprint density at radius 1 is 1.13 bits per heavy atom. The summed E-state index contributed by atoms with van der Waals surface area (Å²) in [6, 6.07) is 3.97. The molecule has 1 aromatic rings. The summed E-state index contributed by atoms with van der Waals surface area (Å²) in [5.74, 6) is 0.0613. The van der Waals surface area contributed by atoms with Crippen LogP contribution in [0.15, 0.2) is 22.7 Å². The monoisotopic (exact) mass is 396 g/mol. The summed E-state index contributed by atoms with van der Waals surface area (Å²) in [5, 5.41) is 0. The van der Waals surface area contributed by atoms with Crippen molar-refractivity contribution < 1.29 is 22.6 Å². The summed E-state index contributed by atoms with van der Waals surface area (Å²) >= 11 is 3.27. The van der Waals surface area contributed by atoms with Gasteiger partial charge in [0.2, 0.25) is 0 Å². The van der Waals surface area contributed by atoms with E-state index in [1.165, 1.54) is 18.2 Å². The lowest BCUT2D eigenvalue weighted by atomic mass is 10.3. The van der Waals surface area contributed by atoms with Crippen LogP contribution < -0.4 is 9.47 Å². The standard InChI is InChI=1S/C15H20BrF3N2O2/c1-2-20-5-7-21(8-6-20)9-10-22-14-11-12(3-4-13(14)16)23-15(17,18)19/h3-4,11H,2,5-10H2,1H3. The van der Waals surface area contributed by atoms with E-state index in [0.29, 0.717) is 16.8 Å². The Kier molecular flexibility index (Phi) is 6.55. The SMILES string of the molecule is CCN1CCN(CCOc2cc(OC(F)(F)F)ccc2Br)CC1. The van der Waals surface area contributed by atoms with Gasteiger partial charge in [-0.1, -0.05) is 6.92 Å². The molecule has 0 N–H and O–H groups in total. The van der Waals surface area contributed by atoms with Gasteiger partial charge < -0.3 is 14.4 Å². The normalized spacial score (nSPS) is 17.3. The number of hydrogen-bond donors (Lipinski definition) is 0. The summed E-state index contributed by atoms with van der Waals surface area (Å²) in [6.45, 7) is 8.40. The van der Waals surface area contributed by atoms with Gasteiger partial charge in [0.15, 0.2) is 0 Å². The van der Waals surface area contributed by atoms with Crippen LogP contribution in [-0.4, -0.2) is 62.0 Å². The largest absolute Gasteiger partial charge is 0.573 e. The molecule has 0 aliphatic carbocycles. The number of alkyl halides is 3. The molecule has 23 heavy (non-hydrogen) atoms. The number of rotatable bonds is 6. The molecule has 1 aliphatic heterocycles. The number of halogens is 4. The van der Waals surface area contributed by atoms with Gasteiger partial charge in [0, 0.05) is 38.8 Å². The lowest BCUT2D eigenvalue weighted by Gasteiger charge is -2.33. The van der Waals surface area contributed by atoms with Crippen LogP contribution in [0.25, 0.3) is 0 Å². The first-order valence-corrected chi connectivity index (χ1v) is 8.29. The molecule has 0 atom stereocenters. The lowest BCUT2D eigenvalue weighted by molar-refractivity contribution is -0.274. The van der Waals surface area contributed by atoms with Crippen molar-refractivity contribution in [1.29, 1.82) is 0 Å². The lowest BCUT2D eigenvalue weighted by Crippen LogP contribution is -2.47. The van der Waals surface area contributed by atoms with Gasteiger partial charge in [0.1, 0.15) is 18.1 Å². The number of hydrogen-bond acceptors (Lipinski definition) is 4. The third-order valence-corrected chi connectivity index (χ3v) is 4.37. The first kappa shape index (κ1) is 18.4. The molecule has 0 saturated carbocycles. The minimum Gasteiger partial charge on any atom is -0.491 e. The van der Waals surface area contributed by atoms with Crippen LogP contribution >= 0.6 is 15.9 Å². The van der Waals surface area contributed by atoms with E-state index in [0.717, 1.165) is 39.3 Å². The molecular formula is C15H20BrF3N2O2. The maximum absolute atomic E-state index is 12.2. The Balaban J connectivity index is 1.82. The number of ether oxygens (including phenoxy) is 2. The van der Waals surface area contributed by atoms with E-state index >= 15 is 0 Å². The van der Waals surface area contributed by atoms with Crippen molar-refractivity contribution in [1.82, 2.24) is 9.80 Å². The predicted octanol–water partition coefficient (Wildman–Crippen LogP) is 3.36. The molecule has 2 rings (SSSR count). The van der Waals surface area contributed by atoms with Crippen molar-refractivity contribution >= 4 is 15.9 Å².